The highest BCUT2D eigenvalue weighted by molar-refractivity contribution is 7.98. The average molecular weight is 923 g/mol. The van der Waals surface area contributed by atoms with E-state index < -0.39 is 11.7 Å². The van der Waals surface area contributed by atoms with E-state index in [0.29, 0.717) is 27.9 Å². The molecule has 0 unspecified atom stereocenters. The van der Waals surface area contributed by atoms with Crippen LogP contribution in [0.5, 0.6) is 0 Å². The predicted octanol–water partition coefficient (Wildman–Crippen LogP) is 14.5. The Hall–Kier alpha value is -7.21. The van der Waals surface area contributed by atoms with Gasteiger partial charge in [0.1, 0.15) is 0 Å². The van der Waals surface area contributed by atoms with E-state index in [-0.39, 0.29) is 16.8 Å². The van der Waals surface area contributed by atoms with Crippen LogP contribution in [0.3, 0.4) is 0 Å². The van der Waals surface area contributed by atoms with E-state index in [4.69, 9.17) is 17.3 Å². The Labute approximate surface area is 392 Å². The van der Waals surface area contributed by atoms with Gasteiger partial charge in [-0.05, 0) is 144 Å². The van der Waals surface area contributed by atoms with Crippen molar-refractivity contribution in [2.45, 2.75) is 38.3 Å². The van der Waals surface area contributed by atoms with Crippen LogP contribution in [-0.2, 0) is 12.6 Å². The molecule has 0 aliphatic carbocycles. The number of nitrogens with two attached hydrogens (primary N) is 1. The third-order valence-electron chi connectivity index (χ3n) is 10.5. The van der Waals surface area contributed by atoms with Gasteiger partial charge in [0.05, 0.1) is 5.56 Å². The number of thioether (sulfide) groups is 1. The molecule has 0 bridgehead atoms. The second-order valence-corrected chi connectivity index (χ2v) is 16.2. The molecule has 6 aromatic carbocycles. The summed E-state index contributed by atoms with van der Waals surface area (Å²) in [5.41, 5.74) is 16.9. The zero-order valence-electron chi connectivity index (χ0n) is 36.7. The lowest BCUT2D eigenvalue weighted by atomic mass is 9.98. The topological polar surface area (TPSA) is 110 Å². The fourth-order valence-corrected chi connectivity index (χ4v) is 7.75. The number of anilines is 3. The number of nitrogens with one attached hydrogen (secondary N) is 2. The minimum absolute atomic E-state index is 0.114. The van der Waals surface area contributed by atoms with Crippen LogP contribution in [0.15, 0.2) is 181 Å². The third kappa shape index (κ3) is 12.7. The molecule has 334 valence electrons. The molecule has 7 nitrogen and oxygen atoms in total. The molecule has 2 heterocycles. The average Bonchev–Trinajstić information content (AvgIpc) is 3.33. The summed E-state index contributed by atoms with van der Waals surface area (Å²) in [6.45, 7) is 5.92. The second-order valence-electron chi connectivity index (χ2n) is 15.0. The largest absolute Gasteiger partial charge is 0.416 e. The number of pyridine rings is 2. The molecular formula is C54H47ClF3N5O2S. The van der Waals surface area contributed by atoms with Crippen molar-refractivity contribution in [2.75, 3.05) is 22.6 Å². The van der Waals surface area contributed by atoms with E-state index in [1.165, 1.54) is 27.7 Å². The number of benzene rings is 6. The van der Waals surface area contributed by atoms with E-state index in [1.807, 2.05) is 74.5 Å². The van der Waals surface area contributed by atoms with Crippen LogP contribution in [0.4, 0.5) is 30.2 Å². The number of carbonyl (C=O) groups excluding carboxylic acids is 2. The quantitative estimate of drug-likeness (QED) is 0.0983. The fraction of sp³-hybridized carbons (Fsp3) is 0.111. The van der Waals surface area contributed by atoms with Crippen molar-refractivity contribution in [2.24, 2.45) is 0 Å². The van der Waals surface area contributed by atoms with E-state index >= 15 is 0 Å². The highest BCUT2D eigenvalue weighted by atomic mass is 35.5. The van der Waals surface area contributed by atoms with E-state index in [1.54, 1.807) is 72.9 Å². The Bertz CT molecular complexity index is 2760. The zero-order chi connectivity index (χ0) is 47.2. The number of nitrogen functional groups attached to an aromatic ring is 1. The lowest BCUT2D eigenvalue weighted by Gasteiger charge is -2.10. The van der Waals surface area contributed by atoms with E-state index in [0.717, 1.165) is 52.2 Å². The lowest BCUT2D eigenvalue weighted by molar-refractivity contribution is -0.137. The summed E-state index contributed by atoms with van der Waals surface area (Å²) < 4.78 is 37.8. The number of carbonyl (C=O) groups is 2. The number of aromatic nitrogens is 2. The molecule has 66 heavy (non-hydrogen) atoms. The number of rotatable bonds is 9. The van der Waals surface area contributed by atoms with Crippen LogP contribution in [-0.4, -0.2) is 28.0 Å². The molecule has 8 aromatic rings. The molecule has 0 spiro atoms. The number of hydrogen-bond acceptors (Lipinski definition) is 6. The third-order valence-corrected chi connectivity index (χ3v) is 11.6. The van der Waals surface area contributed by atoms with Crippen molar-refractivity contribution >= 4 is 52.2 Å². The summed E-state index contributed by atoms with van der Waals surface area (Å²) in [5, 5.41) is 6.15. The van der Waals surface area contributed by atoms with Gasteiger partial charge in [-0.3, -0.25) is 19.6 Å². The van der Waals surface area contributed by atoms with Gasteiger partial charge in [-0.15, -0.1) is 11.8 Å². The Kier molecular flexibility index (Phi) is 16.5. The van der Waals surface area contributed by atoms with Gasteiger partial charge in [0.2, 0.25) is 0 Å². The van der Waals surface area contributed by atoms with Crippen molar-refractivity contribution in [3.63, 3.8) is 0 Å². The molecule has 0 saturated heterocycles. The highest BCUT2D eigenvalue weighted by Crippen LogP contribution is 2.36. The molecule has 0 atom stereocenters. The van der Waals surface area contributed by atoms with Gasteiger partial charge >= 0.3 is 6.18 Å². The van der Waals surface area contributed by atoms with Gasteiger partial charge in [-0.25, -0.2) is 0 Å². The molecule has 2 amide bonds. The maximum Gasteiger partial charge on any atom is 0.416 e. The Morgan fingerprint density at radius 2 is 1.09 bits per heavy atom. The first-order chi connectivity index (χ1) is 31.7. The molecule has 12 heteroatoms. The maximum atomic E-state index is 12.6. The van der Waals surface area contributed by atoms with Gasteiger partial charge in [-0.2, -0.15) is 13.2 Å². The summed E-state index contributed by atoms with van der Waals surface area (Å²) in [6.07, 6.45) is 5.34. The number of amides is 2. The zero-order valence-corrected chi connectivity index (χ0v) is 38.2. The molecule has 0 radical (unpaired) electrons. The van der Waals surface area contributed by atoms with Gasteiger partial charge in [0.25, 0.3) is 11.8 Å². The lowest BCUT2D eigenvalue weighted by Crippen LogP contribution is -2.13. The number of alkyl halides is 3. The smallest absolute Gasteiger partial charge is 0.399 e. The number of aryl methyl sites for hydroxylation is 3. The van der Waals surface area contributed by atoms with Crippen LogP contribution < -0.4 is 16.4 Å². The van der Waals surface area contributed by atoms with Crippen molar-refractivity contribution in [3.8, 4) is 33.4 Å². The van der Waals surface area contributed by atoms with E-state index in [9.17, 15) is 22.8 Å². The maximum absolute atomic E-state index is 12.6. The summed E-state index contributed by atoms with van der Waals surface area (Å²) in [5.74, 6) is -0.233. The molecule has 0 fully saturated rings. The number of nitrogens with zero attached hydrogens (tertiary/aromatic N) is 2. The molecule has 0 saturated carbocycles. The van der Waals surface area contributed by atoms with Crippen LogP contribution in [0, 0.1) is 13.8 Å². The Morgan fingerprint density at radius 1 is 0.621 bits per heavy atom. The van der Waals surface area contributed by atoms with Crippen molar-refractivity contribution in [1.29, 1.82) is 0 Å². The van der Waals surface area contributed by atoms with Gasteiger partial charge in [-0.1, -0.05) is 97.4 Å². The van der Waals surface area contributed by atoms with Crippen LogP contribution in [0.2, 0.25) is 5.02 Å². The first-order valence-electron chi connectivity index (χ1n) is 20.8. The first kappa shape index (κ1) is 48.3. The van der Waals surface area contributed by atoms with Gasteiger partial charge in [0.15, 0.2) is 0 Å². The van der Waals surface area contributed by atoms with Crippen LogP contribution >= 0.6 is 23.4 Å². The molecule has 4 N–H and O–H groups in total. The highest BCUT2D eigenvalue weighted by Gasteiger charge is 2.31. The van der Waals surface area contributed by atoms with Crippen molar-refractivity contribution in [1.82, 2.24) is 9.97 Å². The predicted molar refractivity (Wildman–Crippen MR) is 265 cm³/mol. The molecular weight excluding hydrogens is 875 g/mol. The van der Waals surface area contributed by atoms with Crippen molar-refractivity contribution < 1.29 is 22.8 Å². The molecule has 0 aliphatic heterocycles. The van der Waals surface area contributed by atoms with Crippen LogP contribution in [0.25, 0.3) is 33.4 Å². The summed E-state index contributed by atoms with van der Waals surface area (Å²) in [6, 6.07) is 45.8. The Balaban J connectivity index is 0.000000166. The SMILES string of the molecule is CCc1ccccc1-c1ccc(NC(=O)c2ccncc2C)cc1.CSc1ccccc1-c1ccc(NC(=O)c2ccncc2C)cc1.Nc1ccc(-c2cc(C(F)(F)F)ccc2Cl)cc1. The fourth-order valence-electron chi connectivity index (χ4n) is 6.90. The second kappa shape index (κ2) is 22.6. The first-order valence-corrected chi connectivity index (χ1v) is 22.4. The Morgan fingerprint density at radius 3 is 1.59 bits per heavy atom. The number of hydrogen-bond donors (Lipinski definition) is 3. The summed E-state index contributed by atoms with van der Waals surface area (Å²) in [7, 11) is 0. The van der Waals surface area contributed by atoms with Crippen LogP contribution in [0.1, 0.15) is 49.9 Å². The van der Waals surface area contributed by atoms with E-state index in [2.05, 4.69) is 70.2 Å². The molecule has 8 rings (SSSR count). The standard InChI is InChI=1S/C21H20N2O.C20H18N2OS.C13H9ClF3N/c1-3-16-6-4-5-7-20(16)17-8-10-18(11-9-17)23-21(24)19-12-13-22-14-15(19)2;1-14-13-21-12-11-17(14)20(23)22-16-9-7-15(8-10-16)18-5-3-4-6-19(18)24-2;14-12-6-3-9(13(15,16)17)7-11(12)8-1-4-10(18)5-2-8/h4-14H,3H2,1-2H3,(H,23,24);3-13H,1-2H3,(H,22,23);1-7H,18H2. The summed E-state index contributed by atoms with van der Waals surface area (Å²) >= 11 is 7.65. The minimum Gasteiger partial charge on any atom is -0.399 e. The molecule has 2 aromatic heterocycles. The minimum atomic E-state index is -4.38. The normalized spacial score (nSPS) is 10.7. The summed E-state index contributed by atoms with van der Waals surface area (Å²) in [4.78, 5) is 34.0. The number of halogens is 4. The van der Waals surface area contributed by atoms with Gasteiger partial charge < -0.3 is 16.4 Å². The molecule has 0 aliphatic rings. The van der Waals surface area contributed by atoms with Gasteiger partial charge in [0, 0.05) is 68.5 Å². The monoisotopic (exact) mass is 921 g/mol. The van der Waals surface area contributed by atoms with Crippen molar-refractivity contribution in [3.05, 3.63) is 215 Å².